The van der Waals surface area contributed by atoms with Crippen LogP contribution >= 0.6 is 0 Å². The Balaban J connectivity index is 1.60. The summed E-state index contributed by atoms with van der Waals surface area (Å²) < 4.78 is 19.0. The van der Waals surface area contributed by atoms with Gasteiger partial charge in [0.15, 0.2) is 0 Å². The minimum atomic E-state index is -0.205. The molecule has 1 N–H and O–H groups in total. The molecule has 2 rings (SSSR count). The average molecular weight is 273 g/mol. The van der Waals surface area contributed by atoms with Crippen molar-refractivity contribution >= 4 is 5.69 Å². The summed E-state index contributed by atoms with van der Waals surface area (Å²) in [7, 11) is 0. The molecule has 3 heteroatoms. The van der Waals surface area contributed by atoms with Crippen molar-refractivity contribution in [3.8, 4) is 5.75 Å². The molecule has 20 heavy (non-hydrogen) atoms. The van der Waals surface area contributed by atoms with Crippen molar-refractivity contribution in [2.45, 2.75) is 19.8 Å². The monoisotopic (exact) mass is 273 g/mol. The molecule has 0 unspecified atom stereocenters. The molecular weight excluding hydrogens is 253 g/mol. The first-order valence-electron chi connectivity index (χ1n) is 6.93. The number of benzene rings is 2. The van der Waals surface area contributed by atoms with E-state index in [1.165, 1.54) is 11.6 Å². The molecule has 0 saturated heterocycles. The topological polar surface area (TPSA) is 21.3 Å². The molecule has 106 valence electrons. The van der Waals surface area contributed by atoms with E-state index in [0.29, 0.717) is 12.3 Å². The molecule has 0 amide bonds. The second-order valence-corrected chi connectivity index (χ2v) is 4.78. The maximum atomic E-state index is 13.3. The molecule has 0 spiro atoms. The third-order valence-electron chi connectivity index (χ3n) is 3.05. The van der Waals surface area contributed by atoms with Gasteiger partial charge in [-0.25, -0.2) is 4.39 Å². The lowest BCUT2D eigenvalue weighted by molar-refractivity contribution is 0.308. The van der Waals surface area contributed by atoms with Gasteiger partial charge in [0.05, 0.1) is 12.3 Å². The molecule has 0 fully saturated rings. The zero-order chi connectivity index (χ0) is 14.2. The van der Waals surface area contributed by atoms with E-state index in [9.17, 15) is 4.39 Å². The van der Waals surface area contributed by atoms with Crippen LogP contribution in [0.15, 0.2) is 48.5 Å². The number of hydrogen-bond acceptors (Lipinski definition) is 2. The number of unbranched alkanes of at least 4 members (excludes halogenated alkanes) is 1. The van der Waals surface area contributed by atoms with Crippen LogP contribution in [0.2, 0.25) is 0 Å². The summed E-state index contributed by atoms with van der Waals surface area (Å²) in [6, 6.07) is 14.8. The fourth-order valence-electron chi connectivity index (χ4n) is 1.88. The van der Waals surface area contributed by atoms with Gasteiger partial charge in [0.1, 0.15) is 11.6 Å². The van der Waals surface area contributed by atoms with Crippen LogP contribution < -0.4 is 10.1 Å². The second kappa shape index (κ2) is 7.53. The van der Waals surface area contributed by atoms with E-state index < -0.39 is 0 Å². The Morgan fingerprint density at radius 2 is 1.75 bits per heavy atom. The minimum absolute atomic E-state index is 0.205. The van der Waals surface area contributed by atoms with E-state index in [4.69, 9.17) is 4.74 Å². The predicted molar refractivity (Wildman–Crippen MR) is 80.8 cm³/mol. The van der Waals surface area contributed by atoms with Crippen LogP contribution in [0.25, 0.3) is 0 Å². The molecule has 0 aliphatic heterocycles. The van der Waals surface area contributed by atoms with Gasteiger partial charge in [-0.05, 0) is 44.0 Å². The number of hydrogen-bond donors (Lipinski definition) is 1. The molecule has 0 radical (unpaired) electrons. The lowest BCUT2D eigenvalue weighted by Gasteiger charge is -2.08. The van der Waals surface area contributed by atoms with E-state index in [1.807, 2.05) is 30.3 Å². The number of nitrogens with one attached hydrogen (secondary N) is 1. The van der Waals surface area contributed by atoms with Gasteiger partial charge < -0.3 is 10.1 Å². The Bertz CT molecular complexity index is 525. The maximum absolute atomic E-state index is 13.3. The number of halogens is 1. The molecule has 0 aliphatic rings. The van der Waals surface area contributed by atoms with Crippen LogP contribution in [0.4, 0.5) is 10.1 Å². The number of para-hydroxylation sites is 1. The smallest absolute Gasteiger partial charge is 0.146 e. The fourth-order valence-corrected chi connectivity index (χ4v) is 1.88. The lowest BCUT2D eigenvalue weighted by atomic mass is 10.2. The highest BCUT2D eigenvalue weighted by Gasteiger charge is 1.98. The number of anilines is 1. The Kier molecular flexibility index (Phi) is 5.42. The summed E-state index contributed by atoms with van der Waals surface area (Å²) in [5, 5.41) is 3.09. The van der Waals surface area contributed by atoms with Crippen LogP contribution in [-0.2, 0) is 0 Å². The summed E-state index contributed by atoms with van der Waals surface area (Å²) in [5.41, 5.74) is 1.79. The number of aryl methyl sites for hydroxylation is 1. The molecule has 0 heterocycles. The normalized spacial score (nSPS) is 10.3. The van der Waals surface area contributed by atoms with E-state index in [-0.39, 0.29) is 5.82 Å². The van der Waals surface area contributed by atoms with Crippen molar-refractivity contribution in [1.29, 1.82) is 0 Å². The van der Waals surface area contributed by atoms with E-state index in [2.05, 4.69) is 12.2 Å². The largest absolute Gasteiger partial charge is 0.494 e. The highest BCUT2D eigenvalue weighted by Crippen LogP contribution is 2.13. The van der Waals surface area contributed by atoms with Crippen molar-refractivity contribution in [1.82, 2.24) is 0 Å². The molecule has 0 aromatic heterocycles. The first-order chi connectivity index (χ1) is 9.75. The van der Waals surface area contributed by atoms with Crippen molar-refractivity contribution in [3.05, 3.63) is 59.9 Å². The summed E-state index contributed by atoms with van der Waals surface area (Å²) in [5.74, 6) is 0.695. The van der Waals surface area contributed by atoms with Crippen LogP contribution in [0.3, 0.4) is 0 Å². The van der Waals surface area contributed by atoms with Gasteiger partial charge in [0, 0.05) is 6.54 Å². The van der Waals surface area contributed by atoms with Crippen LogP contribution in [0.5, 0.6) is 5.75 Å². The van der Waals surface area contributed by atoms with E-state index in [0.717, 1.165) is 25.1 Å². The first-order valence-corrected chi connectivity index (χ1v) is 6.93. The van der Waals surface area contributed by atoms with Gasteiger partial charge in [0.2, 0.25) is 0 Å². The molecule has 2 nitrogen and oxygen atoms in total. The third kappa shape index (κ3) is 4.57. The second-order valence-electron chi connectivity index (χ2n) is 4.78. The molecule has 0 aliphatic carbocycles. The van der Waals surface area contributed by atoms with Gasteiger partial charge in [-0.2, -0.15) is 0 Å². The zero-order valence-electron chi connectivity index (χ0n) is 11.7. The van der Waals surface area contributed by atoms with Crippen LogP contribution in [0, 0.1) is 12.7 Å². The minimum Gasteiger partial charge on any atom is -0.494 e. The predicted octanol–water partition coefficient (Wildman–Crippen LogP) is 4.41. The van der Waals surface area contributed by atoms with Gasteiger partial charge >= 0.3 is 0 Å². The van der Waals surface area contributed by atoms with Crippen molar-refractivity contribution in [2.24, 2.45) is 0 Å². The molecule has 0 atom stereocenters. The van der Waals surface area contributed by atoms with Crippen molar-refractivity contribution < 1.29 is 9.13 Å². The standard InChI is InChI=1S/C17H20FNO/c1-14-8-10-15(11-9-14)20-13-5-4-12-19-17-7-3-2-6-16(17)18/h2-3,6-11,19H,4-5,12-13H2,1H3. The van der Waals surface area contributed by atoms with E-state index in [1.54, 1.807) is 12.1 Å². The highest BCUT2D eigenvalue weighted by atomic mass is 19.1. The molecule has 2 aromatic carbocycles. The summed E-state index contributed by atoms with van der Waals surface area (Å²) in [6.45, 7) is 3.48. The zero-order valence-corrected chi connectivity index (χ0v) is 11.7. The Morgan fingerprint density at radius 1 is 1.00 bits per heavy atom. The van der Waals surface area contributed by atoms with Gasteiger partial charge in [0.25, 0.3) is 0 Å². The highest BCUT2D eigenvalue weighted by molar-refractivity contribution is 5.44. The van der Waals surface area contributed by atoms with Crippen LogP contribution in [-0.4, -0.2) is 13.2 Å². The van der Waals surface area contributed by atoms with Crippen molar-refractivity contribution in [3.63, 3.8) is 0 Å². The molecule has 0 saturated carbocycles. The fraction of sp³-hybridized carbons (Fsp3) is 0.294. The summed E-state index contributed by atoms with van der Waals surface area (Å²) in [4.78, 5) is 0. The van der Waals surface area contributed by atoms with Gasteiger partial charge in [-0.15, -0.1) is 0 Å². The van der Waals surface area contributed by atoms with Crippen molar-refractivity contribution in [2.75, 3.05) is 18.5 Å². The first kappa shape index (κ1) is 14.4. The quantitative estimate of drug-likeness (QED) is 0.755. The SMILES string of the molecule is Cc1ccc(OCCCCNc2ccccc2F)cc1. The number of ether oxygens (including phenoxy) is 1. The van der Waals surface area contributed by atoms with Gasteiger partial charge in [-0.1, -0.05) is 29.8 Å². The third-order valence-corrected chi connectivity index (χ3v) is 3.05. The molecular formula is C17H20FNO. The molecule has 0 bridgehead atoms. The Labute approximate surface area is 119 Å². The lowest BCUT2D eigenvalue weighted by Crippen LogP contribution is -2.05. The van der Waals surface area contributed by atoms with E-state index >= 15 is 0 Å². The maximum Gasteiger partial charge on any atom is 0.146 e. The summed E-state index contributed by atoms with van der Waals surface area (Å²) >= 11 is 0. The summed E-state index contributed by atoms with van der Waals surface area (Å²) in [6.07, 6.45) is 1.88. The number of rotatable bonds is 7. The van der Waals surface area contributed by atoms with Gasteiger partial charge in [-0.3, -0.25) is 0 Å². The Hall–Kier alpha value is -2.03. The van der Waals surface area contributed by atoms with Crippen LogP contribution in [0.1, 0.15) is 18.4 Å². The molecule has 2 aromatic rings. The Morgan fingerprint density at radius 3 is 2.50 bits per heavy atom. The average Bonchev–Trinajstić information content (AvgIpc) is 2.46.